The molecule has 0 radical (unpaired) electrons. The van der Waals surface area contributed by atoms with E-state index in [0.717, 1.165) is 5.56 Å². The molecular formula is C31H48N4O6S. The van der Waals surface area contributed by atoms with E-state index < -0.39 is 34.1 Å². The minimum atomic E-state index is -3.97. The normalized spacial score (nSPS) is 14.7. The maximum Gasteiger partial charge on any atom is 0.243 e. The van der Waals surface area contributed by atoms with Crippen molar-refractivity contribution in [2.75, 3.05) is 33.8 Å². The number of aliphatic hydroxyl groups excluding tert-OH is 1. The number of aliphatic hydroxyl groups is 1. The van der Waals surface area contributed by atoms with Gasteiger partial charge in [0.05, 0.1) is 30.7 Å². The van der Waals surface area contributed by atoms with Crippen LogP contribution in [0, 0.1) is 11.8 Å². The Hall–Kier alpha value is -2.99. The number of hydrogen-bond donors (Lipinski definition) is 4. The molecule has 0 bridgehead atoms. The predicted octanol–water partition coefficient (Wildman–Crippen LogP) is 2.57. The highest BCUT2D eigenvalue weighted by Gasteiger charge is 2.33. The van der Waals surface area contributed by atoms with Gasteiger partial charge in [0.2, 0.25) is 21.8 Å². The van der Waals surface area contributed by atoms with Gasteiger partial charge in [0.15, 0.2) is 0 Å². The van der Waals surface area contributed by atoms with Crippen LogP contribution in [0.2, 0.25) is 0 Å². The summed E-state index contributed by atoms with van der Waals surface area (Å²) in [6.45, 7) is 7.85. The zero-order valence-electron chi connectivity index (χ0n) is 25.7. The Morgan fingerprint density at radius 1 is 1.00 bits per heavy atom. The highest BCUT2D eigenvalue weighted by Crippen LogP contribution is 2.22. The van der Waals surface area contributed by atoms with Gasteiger partial charge in [-0.3, -0.25) is 9.59 Å². The summed E-state index contributed by atoms with van der Waals surface area (Å²) in [7, 11) is -0.811. The van der Waals surface area contributed by atoms with Gasteiger partial charge in [0.1, 0.15) is 11.8 Å². The number of sulfonamides is 1. The van der Waals surface area contributed by atoms with Gasteiger partial charge in [-0.05, 0) is 61.6 Å². The van der Waals surface area contributed by atoms with Gasteiger partial charge in [-0.2, -0.15) is 4.31 Å². The largest absolute Gasteiger partial charge is 0.497 e. The summed E-state index contributed by atoms with van der Waals surface area (Å²) >= 11 is 0. The van der Waals surface area contributed by atoms with Crippen molar-refractivity contribution < 1.29 is 27.9 Å². The van der Waals surface area contributed by atoms with Crippen molar-refractivity contribution in [2.45, 2.75) is 70.0 Å². The van der Waals surface area contributed by atoms with E-state index in [2.05, 4.69) is 16.0 Å². The zero-order chi connectivity index (χ0) is 31.3. The molecule has 4 atom stereocenters. The van der Waals surface area contributed by atoms with Gasteiger partial charge >= 0.3 is 0 Å². The first-order valence-corrected chi connectivity index (χ1v) is 16.0. The monoisotopic (exact) mass is 604 g/mol. The molecule has 0 aliphatic carbocycles. The number of carbonyl (C=O) groups is 2. The Morgan fingerprint density at radius 2 is 1.64 bits per heavy atom. The first kappa shape index (κ1) is 35.2. The molecule has 42 heavy (non-hydrogen) atoms. The number of hydrogen-bond acceptors (Lipinski definition) is 7. The average Bonchev–Trinajstić information content (AvgIpc) is 2.97. The number of ether oxygens (including phenoxy) is 1. The molecule has 2 rings (SSSR count). The van der Waals surface area contributed by atoms with Gasteiger partial charge in [-0.15, -0.1) is 0 Å². The van der Waals surface area contributed by atoms with Gasteiger partial charge in [0, 0.05) is 13.1 Å². The van der Waals surface area contributed by atoms with E-state index in [1.807, 2.05) is 58.0 Å². The second-order valence-corrected chi connectivity index (χ2v) is 13.0. The van der Waals surface area contributed by atoms with E-state index in [-0.39, 0.29) is 48.7 Å². The molecule has 0 spiro atoms. The summed E-state index contributed by atoms with van der Waals surface area (Å²) in [5, 5.41) is 20.1. The van der Waals surface area contributed by atoms with Crippen LogP contribution in [0.1, 0.15) is 46.1 Å². The molecule has 234 valence electrons. The first-order chi connectivity index (χ1) is 19.9. The molecule has 11 heteroatoms. The van der Waals surface area contributed by atoms with Crippen LogP contribution >= 0.6 is 0 Å². The van der Waals surface area contributed by atoms with E-state index in [0.29, 0.717) is 18.6 Å². The predicted molar refractivity (Wildman–Crippen MR) is 165 cm³/mol. The minimum absolute atomic E-state index is 0.0598. The number of nitrogens with one attached hydrogen (secondary N) is 3. The lowest BCUT2D eigenvalue weighted by Crippen LogP contribution is -2.57. The topological polar surface area (TPSA) is 137 Å². The highest BCUT2D eigenvalue weighted by atomic mass is 32.2. The number of rotatable bonds is 18. The van der Waals surface area contributed by atoms with Crippen LogP contribution in [-0.2, 0) is 26.0 Å². The molecule has 4 N–H and O–H groups in total. The molecule has 0 fully saturated rings. The van der Waals surface area contributed by atoms with Crippen molar-refractivity contribution in [3.05, 3.63) is 60.2 Å². The molecule has 0 saturated carbocycles. The van der Waals surface area contributed by atoms with E-state index in [1.54, 1.807) is 19.2 Å². The minimum Gasteiger partial charge on any atom is -0.497 e. The number of methoxy groups -OCH3 is 1. The molecule has 0 saturated heterocycles. The zero-order valence-corrected chi connectivity index (χ0v) is 26.5. The highest BCUT2D eigenvalue weighted by molar-refractivity contribution is 7.89. The molecule has 2 amide bonds. The summed E-state index contributed by atoms with van der Waals surface area (Å²) in [6, 6.07) is 13.9. The van der Waals surface area contributed by atoms with Crippen molar-refractivity contribution >= 4 is 21.8 Å². The van der Waals surface area contributed by atoms with Crippen LogP contribution in [0.3, 0.4) is 0 Å². The van der Waals surface area contributed by atoms with Crippen LogP contribution < -0.4 is 20.7 Å². The van der Waals surface area contributed by atoms with Crippen LogP contribution in [0.15, 0.2) is 59.5 Å². The number of carbonyl (C=O) groups excluding carboxylic acids is 2. The molecule has 0 aromatic heterocycles. The summed E-state index contributed by atoms with van der Waals surface area (Å²) < 4.78 is 33.9. The van der Waals surface area contributed by atoms with Crippen LogP contribution in [0.25, 0.3) is 0 Å². The molecule has 0 heterocycles. The van der Waals surface area contributed by atoms with Gasteiger partial charge in [-0.25, -0.2) is 8.42 Å². The summed E-state index contributed by atoms with van der Waals surface area (Å²) in [6.07, 6.45) is 0.268. The summed E-state index contributed by atoms with van der Waals surface area (Å²) in [5.41, 5.74) is 0.868. The summed E-state index contributed by atoms with van der Waals surface area (Å²) in [4.78, 5) is 26.0. The lowest BCUT2D eigenvalue weighted by molar-refractivity contribution is -0.130. The van der Waals surface area contributed by atoms with Crippen LogP contribution in [-0.4, -0.2) is 81.6 Å². The van der Waals surface area contributed by atoms with E-state index in [4.69, 9.17) is 4.74 Å². The fourth-order valence-electron chi connectivity index (χ4n) is 4.46. The number of amides is 2. The van der Waals surface area contributed by atoms with Gasteiger partial charge in [-0.1, -0.05) is 64.4 Å². The smallest absolute Gasteiger partial charge is 0.243 e. The van der Waals surface area contributed by atoms with Crippen molar-refractivity contribution in [1.82, 2.24) is 20.3 Å². The molecule has 0 aliphatic heterocycles. The Labute approximate surface area is 251 Å². The lowest BCUT2D eigenvalue weighted by Gasteiger charge is -2.32. The van der Waals surface area contributed by atoms with E-state index in [9.17, 15) is 23.1 Å². The Bertz CT molecular complexity index is 1210. The second kappa shape index (κ2) is 17.2. The lowest BCUT2D eigenvalue weighted by atomic mass is 9.96. The molecule has 2 aromatic rings. The van der Waals surface area contributed by atoms with Crippen molar-refractivity contribution in [3.63, 3.8) is 0 Å². The Morgan fingerprint density at radius 3 is 2.19 bits per heavy atom. The molecule has 10 nitrogen and oxygen atoms in total. The fraction of sp³-hybridized carbons (Fsp3) is 0.548. The molecule has 2 aromatic carbocycles. The van der Waals surface area contributed by atoms with Crippen LogP contribution in [0.5, 0.6) is 5.75 Å². The third-order valence-corrected chi connectivity index (χ3v) is 9.16. The van der Waals surface area contributed by atoms with Crippen molar-refractivity contribution in [1.29, 1.82) is 0 Å². The van der Waals surface area contributed by atoms with E-state index >= 15 is 0 Å². The van der Waals surface area contributed by atoms with Crippen molar-refractivity contribution in [3.8, 4) is 5.75 Å². The van der Waals surface area contributed by atoms with Crippen molar-refractivity contribution in [2.24, 2.45) is 11.8 Å². The Kier molecular flexibility index (Phi) is 14.4. The third kappa shape index (κ3) is 10.7. The molecule has 1 unspecified atom stereocenters. The fourth-order valence-corrected chi connectivity index (χ4v) is 5.93. The summed E-state index contributed by atoms with van der Waals surface area (Å²) in [5.74, 6) is -0.151. The standard InChI is InChI=1S/C31H48N4O6S/c1-7-23(4)30(34-29(37)20-32-5)31(38)33-27(19-24-11-9-8-10-12-24)28(36)21-35(18-17-22(2)3)42(39,40)26-15-13-25(41-6)14-16-26/h8-16,22-23,27-28,30,32,36H,7,17-21H2,1-6H3,(H,33,38)(H,34,37)/t23?,27-,28+,30-/m0/s1. The quantitative estimate of drug-likeness (QED) is 0.205. The molecular weight excluding hydrogens is 556 g/mol. The van der Waals surface area contributed by atoms with Crippen LogP contribution in [0.4, 0.5) is 0 Å². The maximum absolute atomic E-state index is 13.7. The first-order valence-electron chi connectivity index (χ1n) is 14.5. The van der Waals surface area contributed by atoms with Gasteiger partial charge < -0.3 is 25.8 Å². The SMILES string of the molecule is CCC(C)[C@H](NC(=O)CNC)C(=O)N[C@@H](Cc1ccccc1)[C@H](O)CN(CCC(C)C)S(=O)(=O)c1ccc(OC)cc1. The third-order valence-electron chi connectivity index (χ3n) is 7.28. The average molecular weight is 605 g/mol. The second-order valence-electron chi connectivity index (χ2n) is 11.1. The maximum atomic E-state index is 13.7. The van der Waals surface area contributed by atoms with E-state index in [1.165, 1.54) is 23.5 Å². The number of benzene rings is 2. The number of nitrogens with zero attached hydrogens (tertiary/aromatic N) is 1. The number of likely N-dealkylation sites (N-methyl/N-ethyl adjacent to an activating group) is 1. The molecule has 0 aliphatic rings. The Balaban J connectivity index is 2.39. The van der Waals surface area contributed by atoms with Gasteiger partial charge in [0.25, 0.3) is 0 Å².